The quantitative estimate of drug-likeness (QED) is 0.661. The molecule has 1 atom stereocenters. The number of aryl methyl sites for hydroxylation is 1. The van der Waals surface area contributed by atoms with Crippen LogP contribution in [-0.2, 0) is 17.8 Å². The normalized spacial score (nSPS) is 19.5. The van der Waals surface area contributed by atoms with E-state index in [-0.39, 0.29) is 18.3 Å². The highest BCUT2D eigenvalue weighted by Gasteiger charge is 2.47. The van der Waals surface area contributed by atoms with Gasteiger partial charge in [-0.2, -0.15) is 4.98 Å². The minimum absolute atomic E-state index is 0.0377. The fourth-order valence-electron chi connectivity index (χ4n) is 3.06. The van der Waals surface area contributed by atoms with Gasteiger partial charge in [0.15, 0.2) is 0 Å². The first-order chi connectivity index (χ1) is 13.0. The number of amides is 3. The summed E-state index contributed by atoms with van der Waals surface area (Å²) in [5.41, 5.74) is 0.181. The highest BCUT2D eigenvalue weighted by atomic mass is 32.1. The molecule has 0 saturated carbocycles. The van der Waals surface area contributed by atoms with Crippen LogP contribution in [0.4, 0.5) is 4.79 Å². The molecule has 3 aromatic rings. The second-order valence-corrected chi connectivity index (χ2v) is 7.58. The van der Waals surface area contributed by atoms with Crippen molar-refractivity contribution >= 4 is 23.3 Å². The van der Waals surface area contributed by atoms with Crippen LogP contribution in [0.2, 0.25) is 0 Å². The molecule has 8 heteroatoms. The van der Waals surface area contributed by atoms with Gasteiger partial charge in [-0.15, -0.1) is 11.3 Å². The maximum Gasteiger partial charge on any atom is 0.325 e. The van der Waals surface area contributed by atoms with Crippen LogP contribution in [0.25, 0.3) is 10.7 Å². The van der Waals surface area contributed by atoms with Gasteiger partial charge in [0.2, 0.25) is 11.7 Å². The van der Waals surface area contributed by atoms with Gasteiger partial charge in [-0.3, -0.25) is 9.69 Å². The summed E-state index contributed by atoms with van der Waals surface area (Å²) in [7, 11) is 0. The van der Waals surface area contributed by atoms with Crippen molar-refractivity contribution < 1.29 is 14.1 Å². The Balaban J connectivity index is 1.45. The van der Waals surface area contributed by atoms with E-state index in [4.69, 9.17) is 4.52 Å². The standard InChI is InChI=1S/C19H18N4O3S/c1-19(10-9-13-6-3-2-4-7-13)17(24)23(18(25)21-19)12-15-20-16(22-26-15)14-8-5-11-27-14/h2-8,11H,9-10,12H2,1H3,(H,21,25)/t19-/m0/s1. The lowest BCUT2D eigenvalue weighted by Gasteiger charge is -2.21. The summed E-state index contributed by atoms with van der Waals surface area (Å²) in [5, 5.41) is 8.64. The lowest BCUT2D eigenvalue weighted by atomic mass is 9.93. The molecule has 2 aromatic heterocycles. The number of hydrogen-bond donors (Lipinski definition) is 1. The van der Waals surface area contributed by atoms with E-state index in [2.05, 4.69) is 15.5 Å². The van der Waals surface area contributed by atoms with Crippen molar-refractivity contribution in [3.8, 4) is 10.7 Å². The van der Waals surface area contributed by atoms with Gasteiger partial charge in [0.05, 0.1) is 4.88 Å². The highest BCUT2D eigenvalue weighted by Crippen LogP contribution is 2.26. The number of rotatable bonds is 6. The summed E-state index contributed by atoms with van der Waals surface area (Å²) < 4.78 is 5.22. The molecule has 0 radical (unpaired) electrons. The van der Waals surface area contributed by atoms with Crippen LogP contribution in [0.5, 0.6) is 0 Å². The molecule has 3 heterocycles. The molecule has 7 nitrogen and oxygen atoms in total. The van der Waals surface area contributed by atoms with Crippen molar-refractivity contribution in [3.05, 3.63) is 59.3 Å². The third kappa shape index (κ3) is 3.48. The maximum absolute atomic E-state index is 12.9. The monoisotopic (exact) mass is 382 g/mol. The fourth-order valence-corrected chi connectivity index (χ4v) is 3.71. The van der Waals surface area contributed by atoms with Crippen LogP contribution in [0, 0.1) is 0 Å². The SMILES string of the molecule is C[C@@]1(CCc2ccccc2)NC(=O)N(Cc2nc(-c3cccs3)no2)C1=O. The summed E-state index contributed by atoms with van der Waals surface area (Å²) >= 11 is 1.49. The first-order valence-corrected chi connectivity index (χ1v) is 9.48. The Morgan fingerprint density at radius 3 is 2.74 bits per heavy atom. The number of nitrogens with one attached hydrogen (secondary N) is 1. The van der Waals surface area contributed by atoms with Gasteiger partial charge in [-0.05, 0) is 36.8 Å². The van der Waals surface area contributed by atoms with Gasteiger partial charge >= 0.3 is 6.03 Å². The van der Waals surface area contributed by atoms with Crippen molar-refractivity contribution in [1.82, 2.24) is 20.4 Å². The zero-order chi connectivity index (χ0) is 18.9. The average Bonchev–Trinajstić information content (AvgIpc) is 3.39. The number of benzene rings is 1. The second-order valence-electron chi connectivity index (χ2n) is 6.63. The van der Waals surface area contributed by atoms with Gasteiger partial charge in [-0.1, -0.05) is 41.6 Å². The van der Waals surface area contributed by atoms with Crippen molar-refractivity contribution in [1.29, 1.82) is 0 Å². The molecule has 0 aliphatic carbocycles. The number of nitrogens with zero attached hydrogens (tertiary/aromatic N) is 3. The molecule has 1 fully saturated rings. The Hall–Kier alpha value is -3.00. The molecule has 138 valence electrons. The minimum Gasteiger partial charge on any atom is -0.337 e. The lowest BCUT2D eigenvalue weighted by molar-refractivity contribution is -0.131. The Bertz CT molecular complexity index is 955. The average molecular weight is 382 g/mol. The molecule has 4 rings (SSSR count). The molecular formula is C19H18N4O3S. The van der Waals surface area contributed by atoms with Crippen LogP contribution in [-0.4, -0.2) is 32.5 Å². The highest BCUT2D eigenvalue weighted by molar-refractivity contribution is 7.13. The lowest BCUT2D eigenvalue weighted by Crippen LogP contribution is -2.44. The van der Waals surface area contributed by atoms with Gasteiger partial charge in [0, 0.05) is 0 Å². The Kier molecular flexibility index (Phi) is 4.49. The van der Waals surface area contributed by atoms with Gasteiger partial charge in [0.25, 0.3) is 5.91 Å². The van der Waals surface area contributed by atoms with E-state index in [1.54, 1.807) is 6.92 Å². The molecular weight excluding hydrogens is 364 g/mol. The van der Waals surface area contributed by atoms with E-state index in [0.29, 0.717) is 18.7 Å². The molecule has 27 heavy (non-hydrogen) atoms. The largest absolute Gasteiger partial charge is 0.337 e. The topological polar surface area (TPSA) is 88.3 Å². The Morgan fingerprint density at radius 1 is 1.19 bits per heavy atom. The predicted molar refractivity (Wildman–Crippen MR) is 99.9 cm³/mol. The third-order valence-corrected chi connectivity index (χ3v) is 5.47. The van der Waals surface area contributed by atoms with E-state index in [1.165, 1.54) is 11.3 Å². The molecule has 0 unspecified atom stereocenters. The summed E-state index contributed by atoms with van der Waals surface area (Å²) in [6.45, 7) is 1.71. The second kappa shape index (κ2) is 6.96. The van der Waals surface area contributed by atoms with E-state index in [1.807, 2.05) is 47.8 Å². The fraction of sp³-hybridized carbons (Fsp3) is 0.263. The molecule has 1 aliphatic heterocycles. The number of aromatic nitrogens is 2. The minimum atomic E-state index is -0.941. The Morgan fingerprint density at radius 2 is 2.00 bits per heavy atom. The molecule has 1 N–H and O–H groups in total. The molecule has 0 bridgehead atoms. The van der Waals surface area contributed by atoms with E-state index >= 15 is 0 Å². The summed E-state index contributed by atoms with van der Waals surface area (Å²) in [5.74, 6) is 0.410. The van der Waals surface area contributed by atoms with Crippen molar-refractivity contribution in [2.75, 3.05) is 0 Å². The summed E-state index contributed by atoms with van der Waals surface area (Å²) in [4.78, 5) is 31.5. The van der Waals surface area contributed by atoms with Gasteiger partial charge < -0.3 is 9.84 Å². The number of carbonyl (C=O) groups is 2. The summed E-state index contributed by atoms with van der Waals surface area (Å²) in [6, 6.07) is 13.2. The number of thiophene rings is 1. The third-order valence-electron chi connectivity index (χ3n) is 4.60. The number of urea groups is 1. The predicted octanol–water partition coefficient (Wildman–Crippen LogP) is 3.24. The molecule has 1 aliphatic rings. The zero-order valence-electron chi connectivity index (χ0n) is 14.7. The van der Waals surface area contributed by atoms with E-state index < -0.39 is 11.6 Å². The molecule has 1 saturated heterocycles. The Labute approximate surface area is 160 Å². The van der Waals surface area contributed by atoms with Crippen LogP contribution >= 0.6 is 11.3 Å². The van der Waals surface area contributed by atoms with Crippen LogP contribution in [0.1, 0.15) is 24.8 Å². The first kappa shape index (κ1) is 17.4. The number of imide groups is 1. The van der Waals surface area contributed by atoms with Crippen LogP contribution < -0.4 is 5.32 Å². The van der Waals surface area contributed by atoms with Gasteiger partial charge in [-0.25, -0.2) is 4.79 Å². The van der Waals surface area contributed by atoms with Crippen molar-refractivity contribution in [2.24, 2.45) is 0 Å². The molecule has 0 spiro atoms. The number of carbonyl (C=O) groups excluding carboxylic acids is 2. The van der Waals surface area contributed by atoms with Crippen molar-refractivity contribution in [3.63, 3.8) is 0 Å². The van der Waals surface area contributed by atoms with Crippen LogP contribution in [0.3, 0.4) is 0 Å². The van der Waals surface area contributed by atoms with E-state index in [0.717, 1.165) is 15.3 Å². The number of hydrogen-bond acceptors (Lipinski definition) is 6. The zero-order valence-corrected chi connectivity index (χ0v) is 15.5. The summed E-state index contributed by atoms with van der Waals surface area (Å²) in [6.07, 6.45) is 1.21. The molecule has 3 amide bonds. The van der Waals surface area contributed by atoms with Gasteiger partial charge in [0.1, 0.15) is 12.1 Å². The first-order valence-electron chi connectivity index (χ1n) is 8.60. The van der Waals surface area contributed by atoms with Crippen LogP contribution in [0.15, 0.2) is 52.4 Å². The maximum atomic E-state index is 12.9. The van der Waals surface area contributed by atoms with Crippen molar-refractivity contribution in [2.45, 2.75) is 31.8 Å². The van der Waals surface area contributed by atoms with E-state index in [9.17, 15) is 9.59 Å². The molecule has 1 aromatic carbocycles. The smallest absolute Gasteiger partial charge is 0.325 e.